The van der Waals surface area contributed by atoms with Gasteiger partial charge in [0.2, 0.25) is 0 Å². The van der Waals surface area contributed by atoms with Gasteiger partial charge in [0, 0.05) is 12.6 Å². The molecule has 0 spiro atoms. The van der Waals surface area contributed by atoms with Crippen LogP contribution in [0.5, 0.6) is 0 Å². The largest absolute Gasteiger partial charge is 0.460 e. The number of ether oxygens (including phenoxy) is 1. The molecule has 1 unspecified atom stereocenters. The van der Waals surface area contributed by atoms with Gasteiger partial charge in [-0.25, -0.2) is 0 Å². The molecule has 0 aliphatic carbocycles. The minimum Gasteiger partial charge on any atom is -0.460 e. The van der Waals surface area contributed by atoms with Crippen LogP contribution in [0.3, 0.4) is 0 Å². The maximum absolute atomic E-state index is 12.1. The Balaban J connectivity index is 1.33. The topological polar surface area (TPSA) is 59.6 Å². The van der Waals surface area contributed by atoms with E-state index in [2.05, 4.69) is 10.8 Å². The van der Waals surface area contributed by atoms with Crippen LogP contribution in [0.2, 0.25) is 0 Å². The van der Waals surface area contributed by atoms with E-state index < -0.39 is 0 Å². The molecule has 0 amide bonds. The van der Waals surface area contributed by atoms with E-state index in [1.165, 1.54) is 0 Å². The van der Waals surface area contributed by atoms with E-state index in [9.17, 15) is 4.79 Å². The average molecular weight is 340 g/mol. The minimum absolute atomic E-state index is 0.187. The first kappa shape index (κ1) is 17.6. The van der Waals surface area contributed by atoms with Crippen LogP contribution >= 0.6 is 0 Å². The van der Waals surface area contributed by atoms with Gasteiger partial charge in [-0.05, 0) is 24.0 Å². The summed E-state index contributed by atoms with van der Waals surface area (Å²) in [7, 11) is 0. The lowest BCUT2D eigenvalue weighted by atomic mass is 10.0. The fourth-order valence-electron chi connectivity index (χ4n) is 2.80. The van der Waals surface area contributed by atoms with Gasteiger partial charge in [0.25, 0.3) is 0 Å². The van der Waals surface area contributed by atoms with Gasteiger partial charge in [-0.3, -0.25) is 9.63 Å². The summed E-state index contributed by atoms with van der Waals surface area (Å²) in [6, 6.07) is 19.7. The Bertz CT molecular complexity index is 641. The van der Waals surface area contributed by atoms with Gasteiger partial charge in [0.05, 0.1) is 6.61 Å². The molecule has 2 aromatic rings. The summed E-state index contributed by atoms with van der Waals surface area (Å²) >= 11 is 0. The molecule has 1 aliphatic rings. The predicted molar refractivity (Wildman–Crippen MR) is 95.4 cm³/mol. The van der Waals surface area contributed by atoms with Crippen molar-refractivity contribution in [2.24, 2.45) is 0 Å². The van der Waals surface area contributed by atoms with E-state index in [-0.39, 0.29) is 18.1 Å². The highest BCUT2D eigenvalue weighted by Crippen LogP contribution is 2.11. The number of esters is 1. The predicted octanol–water partition coefficient (Wildman–Crippen LogP) is 2.57. The number of carbonyl (C=O) groups is 1. The molecule has 5 heteroatoms. The minimum atomic E-state index is -0.240. The first-order chi connectivity index (χ1) is 12.3. The normalized spacial score (nSPS) is 20.2. The first-order valence-corrected chi connectivity index (χ1v) is 8.66. The summed E-state index contributed by atoms with van der Waals surface area (Å²) in [5, 5.41) is 3.24. The number of hydroxylamine groups is 1. The molecular weight excluding hydrogens is 316 g/mol. The van der Waals surface area contributed by atoms with Crippen molar-refractivity contribution in [2.75, 3.05) is 6.54 Å². The maximum Gasteiger partial charge on any atom is 0.323 e. The smallest absolute Gasteiger partial charge is 0.323 e. The Morgan fingerprint density at radius 1 is 0.960 bits per heavy atom. The first-order valence-electron chi connectivity index (χ1n) is 8.66. The van der Waals surface area contributed by atoms with E-state index in [0.29, 0.717) is 19.8 Å². The lowest BCUT2D eigenvalue weighted by Crippen LogP contribution is -2.51. The van der Waals surface area contributed by atoms with Crippen molar-refractivity contribution in [2.45, 2.75) is 38.1 Å². The quantitative estimate of drug-likeness (QED) is 0.599. The van der Waals surface area contributed by atoms with Crippen LogP contribution in [0.1, 0.15) is 24.0 Å². The van der Waals surface area contributed by atoms with E-state index in [0.717, 1.165) is 24.0 Å². The number of benzene rings is 2. The monoisotopic (exact) mass is 340 g/mol. The SMILES string of the molecule is O=C(OCc1ccccc1)C1CC[C@H](NOCc2ccccc2)CN1. The molecule has 0 saturated carbocycles. The Hall–Kier alpha value is -2.21. The summed E-state index contributed by atoms with van der Waals surface area (Å²) in [5.74, 6) is -0.187. The second-order valence-electron chi connectivity index (χ2n) is 6.22. The Labute approximate surface area is 148 Å². The molecule has 1 aliphatic heterocycles. The zero-order valence-electron chi connectivity index (χ0n) is 14.2. The van der Waals surface area contributed by atoms with Crippen LogP contribution in [0, 0.1) is 0 Å². The molecule has 2 aromatic carbocycles. The molecule has 3 rings (SSSR count). The number of hydrogen-bond donors (Lipinski definition) is 2. The van der Waals surface area contributed by atoms with E-state index in [1.54, 1.807) is 0 Å². The zero-order valence-corrected chi connectivity index (χ0v) is 14.2. The van der Waals surface area contributed by atoms with Gasteiger partial charge in [-0.2, -0.15) is 5.48 Å². The summed E-state index contributed by atoms with van der Waals surface area (Å²) in [6.45, 7) is 1.53. The number of carbonyl (C=O) groups excluding carboxylic acids is 1. The molecule has 0 radical (unpaired) electrons. The van der Waals surface area contributed by atoms with Crippen molar-refractivity contribution in [1.82, 2.24) is 10.8 Å². The fraction of sp³-hybridized carbons (Fsp3) is 0.350. The number of piperidine rings is 1. The zero-order chi connectivity index (χ0) is 17.3. The molecule has 0 aromatic heterocycles. The number of nitrogens with one attached hydrogen (secondary N) is 2. The lowest BCUT2D eigenvalue weighted by Gasteiger charge is -2.28. The Morgan fingerprint density at radius 2 is 1.60 bits per heavy atom. The molecule has 25 heavy (non-hydrogen) atoms. The summed E-state index contributed by atoms with van der Waals surface area (Å²) in [4.78, 5) is 17.7. The maximum atomic E-state index is 12.1. The van der Waals surface area contributed by atoms with Crippen LogP contribution in [-0.4, -0.2) is 24.6 Å². The van der Waals surface area contributed by atoms with E-state index in [4.69, 9.17) is 9.57 Å². The van der Waals surface area contributed by atoms with Crippen molar-refractivity contribution < 1.29 is 14.4 Å². The van der Waals surface area contributed by atoms with Gasteiger partial charge in [-0.15, -0.1) is 0 Å². The van der Waals surface area contributed by atoms with Gasteiger partial charge >= 0.3 is 5.97 Å². The molecule has 5 nitrogen and oxygen atoms in total. The fourth-order valence-corrected chi connectivity index (χ4v) is 2.80. The third-order valence-corrected chi connectivity index (χ3v) is 4.25. The highest BCUT2D eigenvalue weighted by molar-refractivity contribution is 5.75. The Kier molecular flexibility index (Phi) is 6.56. The summed E-state index contributed by atoms with van der Waals surface area (Å²) in [5.41, 5.74) is 5.20. The van der Waals surface area contributed by atoms with Gasteiger partial charge in [0.1, 0.15) is 12.6 Å². The van der Waals surface area contributed by atoms with Gasteiger partial charge < -0.3 is 10.1 Å². The molecule has 2 N–H and O–H groups in total. The highest BCUT2D eigenvalue weighted by Gasteiger charge is 2.26. The van der Waals surface area contributed by atoms with Crippen molar-refractivity contribution >= 4 is 5.97 Å². The second kappa shape index (κ2) is 9.32. The van der Waals surface area contributed by atoms with E-state index in [1.807, 2.05) is 60.7 Å². The third kappa shape index (κ3) is 5.67. The van der Waals surface area contributed by atoms with Crippen LogP contribution < -0.4 is 10.8 Å². The molecule has 2 atom stereocenters. The molecule has 132 valence electrons. The average Bonchev–Trinajstić information content (AvgIpc) is 2.68. The molecular formula is C20H24N2O3. The third-order valence-electron chi connectivity index (χ3n) is 4.25. The van der Waals surface area contributed by atoms with Crippen molar-refractivity contribution in [3.63, 3.8) is 0 Å². The van der Waals surface area contributed by atoms with Crippen LogP contribution in [0.25, 0.3) is 0 Å². The molecule has 1 saturated heterocycles. The molecule has 0 bridgehead atoms. The summed E-state index contributed by atoms with van der Waals surface area (Å²) < 4.78 is 5.39. The van der Waals surface area contributed by atoms with Crippen molar-refractivity contribution in [1.29, 1.82) is 0 Å². The van der Waals surface area contributed by atoms with Crippen LogP contribution in [0.15, 0.2) is 60.7 Å². The van der Waals surface area contributed by atoms with Crippen LogP contribution in [0.4, 0.5) is 0 Å². The standard InChI is InChI=1S/C20H24N2O3/c23-20(24-14-16-7-3-1-4-8-16)19-12-11-18(13-21-19)22-25-15-17-9-5-2-6-10-17/h1-10,18-19,21-22H,11-15H2/t18-,19?/m0/s1. The molecule has 1 heterocycles. The summed E-state index contributed by atoms with van der Waals surface area (Å²) in [6.07, 6.45) is 1.60. The molecule has 1 fully saturated rings. The van der Waals surface area contributed by atoms with Gasteiger partial charge in [0.15, 0.2) is 0 Å². The Morgan fingerprint density at radius 3 is 2.20 bits per heavy atom. The van der Waals surface area contributed by atoms with Crippen molar-refractivity contribution in [3.05, 3.63) is 71.8 Å². The number of rotatable bonds is 7. The van der Waals surface area contributed by atoms with Crippen LogP contribution in [-0.2, 0) is 27.6 Å². The number of hydrogen-bond acceptors (Lipinski definition) is 5. The van der Waals surface area contributed by atoms with Gasteiger partial charge in [-0.1, -0.05) is 60.7 Å². The van der Waals surface area contributed by atoms with Crippen molar-refractivity contribution in [3.8, 4) is 0 Å². The lowest BCUT2D eigenvalue weighted by molar-refractivity contribution is -0.148. The second-order valence-corrected chi connectivity index (χ2v) is 6.22. The van der Waals surface area contributed by atoms with E-state index >= 15 is 0 Å². The highest BCUT2D eigenvalue weighted by atomic mass is 16.6.